The van der Waals surface area contributed by atoms with Gasteiger partial charge in [-0.05, 0) is 36.6 Å². The average molecular weight is 435 g/mol. The molecule has 0 saturated carbocycles. The van der Waals surface area contributed by atoms with Gasteiger partial charge in [0, 0.05) is 10.4 Å². The second-order valence-corrected chi connectivity index (χ2v) is 8.22. The molecule has 0 fully saturated rings. The summed E-state index contributed by atoms with van der Waals surface area (Å²) >= 11 is 15.2. The normalized spacial score (nSPS) is 10.9. The molecule has 136 valence electrons. The van der Waals surface area contributed by atoms with Crippen LogP contribution < -0.4 is 5.32 Å². The van der Waals surface area contributed by atoms with Crippen molar-refractivity contribution in [2.75, 3.05) is 5.32 Å². The lowest BCUT2D eigenvalue weighted by molar-refractivity contribution is 0.102. The number of thiazole rings is 1. The molecule has 0 atom stereocenters. The molecular formula is C18H12Cl2N4OS2. The Morgan fingerprint density at radius 2 is 2.07 bits per heavy atom. The molecule has 0 spiro atoms. The van der Waals surface area contributed by atoms with Crippen LogP contribution in [0, 0.1) is 6.92 Å². The lowest BCUT2D eigenvalue weighted by Crippen LogP contribution is -2.15. The van der Waals surface area contributed by atoms with E-state index >= 15 is 0 Å². The molecule has 5 nitrogen and oxygen atoms in total. The Morgan fingerprint density at radius 3 is 2.81 bits per heavy atom. The molecular weight excluding hydrogens is 423 g/mol. The van der Waals surface area contributed by atoms with Crippen LogP contribution >= 0.6 is 45.9 Å². The van der Waals surface area contributed by atoms with Crippen LogP contribution in [0.2, 0.25) is 10.0 Å². The molecule has 4 rings (SSSR count). The maximum absolute atomic E-state index is 12.6. The van der Waals surface area contributed by atoms with E-state index in [4.69, 9.17) is 23.2 Å². The molecule has 1 amide bonds. The number of nitrogens with one attached hydrogen (secondary N) is 1. The number of aromatic nitrogens is 3. The lowest BCUT2D eigenvalue weighted by atomic mass is 10.2. The average Bonchev–Trinajstić information content (AvgIpc) is 3.35. The summed E-state index contributed by atoms with van der Waals surface area (Å²) in [5, 5.41) is 8.34. The second-order valence-electron chi connectivity index (χ2n) is 5.60. The molecule has 3 heterocycles. The monoisotopic (exact) mass is 434 g/mol. The minimum atomic E-state index is -0.340. The summed E-state index contributed by atoms with van der Waals surface area (Å²) in [4.78, 5) is 22.7. The van der Waals surface area contributed by atoms with E-state index in [1.165, 1.54) is 17.4 Å². The number of amides is 1. The smallest absolute Gasteiger partial charge is 0.258 e. The van der Waals surface area contributed by atoms with Gasteiger partial charge < -0.3 is 5.32 Å². The highest BCUT2D eigenvalue weighted by Crippen LogP contribution is 2.30. The van der Waals surface area contributed by atoms with Crippen LogP contribution in [0.15, 0.2) is 47.3 Å². The number of rotatable bonds is 4. The van der Waals surface area contributed by atoms with E-state index in [0.29, 0.717) is 16.4 Å². The van der Waals surface area contributed by atoms with Gasteiger partial charge in [0.1, 0.15) is 11.6 Å². The van der Waals surface area contributed by atoms with Crippen molar-refractivity contribution in [1.29, 1.82) is 0 Å². The molecule has 0 bridgehead atoms. The van der Waals surface area contributed by atoms with Crippen molar-refractivity contribution in [2.24, 2.45) is 0 Å². The van der Waals surface area contributed by atoms with Gasteiger partial charge in [0.05, 0.1) is 27.4 Å². The molecule has 27 heavy (non-hydrogen) atoms. The molecule has 0 unspecified atom stereocenters. The fourth-order valence-corrected chi connectivity index (χ4v) is 4.67. The van der Waals surface area contributed by atoms with E-state index in [0.717, 1.165) is 21.5 Å². The van der Waals surface area contributed by atoms with E-state index < -0.39 is 0 Å². The zero-order valence-corrected chi connectivity index (χ0v) is 17.1. The SMILES string of the molecule is Cc1ncc(NC(=O)c2ccc(Cl)cc2Cl)n1-c1nc(-c2cccs2)cs1. The minimum Gasteiger partial charge on any atom is -0.306 e. The summed E-state index contributed by atoms with van der Waals surface area (Å²) in [5.74, 6) is 0.906. The van der Waals surface area contributed by atoms with Crippen LogP contribution in [0.5, 0.6) is 0 Å². The standard InChI is InChI=1S/C18H12Cl2N4OS2/c1-10-21-8-16(23-17(25)12-5-4-11(19)7-13(12)20)24(10)18-22-14(9-27-18)15-3-2-6-26-15/h2-9H,1H3,(H,23,25). The van der Waals surface area contributed by atoms with Gasteiger partial charge in [0.15, 0.2) is 5.13 Å². The molecule has 0 aliphatic heterocycles. The molecule has 1 aromatic carbocycles. The van der Waals surface area contributed by atoms with Crippen molar-refractivity contribution in [3.8, 4) is 15.7 Å². The fraction of sp³-hybridized carbons (Fsp3) is 0.0556. The summed E-state index contributed by atoms with van der Waals surface area (Å²) in [6.07, 6.45) is 1.60. The quantitative estimate of drug-likeness (QED) is 0.433. The molecule has 0 saturated heterocycles. The minimum absolute atomic E-state index is 0.289. The van der Waals surface area contributed by atoms with Gasteiger partial charge in [0.2, 0.25) is 0 Å². The van der Waals surface area contributed by atoms with E-state index in [-0.39, 0.29) is 10.9 Å². The first-order chi connectivity index (χ1) is 13.0. The third-order valence-electron chi connectivity index (χ3n) is 3.81. The number of carbonyl (C=O) groups excluding carboxylic acids is 1. The number of anilines is 1. The van der Waals surface area contributed by atoms with E-state index in [9.17, 15) is 4.79 Å². The zero-order chi connectivity index (χ0) is 19.0. The Balaban J connectivity index is 1.65. The van der Waals surface area contributed by atoms with Crippen LogP contribution in [0.25, 0.3) is 15.7 Å². The number of thiophene rings is 1. The van der Waals surface area contributed by atoms with Gasteiger partial charge in [0.25, 0.3) is 5.91 Å². The topological polar surface area (TPSA) is 59.8 Å². The van der Waals surface area contributed by atoms with Gasteiger partial charge in [-0.15, -0.1) is 22.7 Å². The van der Waals surface area contributed by atoms with Crippen molar-refractivity contribution >= 4 is 57.6 Å². The largest absolute Gasteiger partial charge is 0.306 e. The van der Waals surface area contributed by atoms with Crippen LogP contribution in [-0.4, -0.2) is 20.4 Å². The number of nitrogens with zero attached hydrogens (tertiary/aromatic N) is 3. The number of hydrogen-bond acceptors (Lipinski definition) is 5. The molecule has 9 heteroatoms. The number of hydrogen-bond donors (Lipinski definition) is 1. The maximum Gasteiger partial charge on any atom is 0.258 e. The Kier molecular flexibility index (Phi) is 5.01. The van der Waals surface area contributed by atoms with Gasteiger partial charge in [-0.2, -0.15) is 0 Å². The highest BCUT2D eigenvalue weighted by atomic mass is 35.5. The predicted octanol–water partition coefficient (Wildman–Crippen LogP) is 5.92. The van der Waals surface area contributed by atoms with E-state index in [1.54, 1.807) is 29.7 Å². The number of carbonyl (C=O) groups is 1. The van der Waals surface area contributed by atoms with Crippen LogP contribution in [0.1, 0.15) is 16.2 Å². The van der Waals surface area contributed by atoms with Crippen LogP contribution in [-0.2, 0) is 0 Å². The highest BCUT2D eigenvalue weighted by molar-refractivity contribution is 7.15. The summed E-state index contributed by atoms with van der Waals surface area (Å²) in [7, 11) is 0. The molecule has 0 aliphatic carbocycles. The summed E-state index contributed by atoms with van der Waals surface area (Å²) in [6, 6.07) is 8.76. The van der Waals surface area contributed by atoms with Crippen molar-refractivity contribution < 1.29 is 4.79 Å². The van der Waals surface area contributed by atoms with Gasteiger partial charge in [-0.3, -0.25) is 9.36 Å². The number of halogens is 2. The predicted molar refractivity (Wildman–Crippen MR) is 112 cm³/mol. The first kappa shape index (κ1) is 18.2. The Labute approximate surface area is 173 Å². The van der Waals surface area contributed by atoms with E-state index in [2.05, 4.69) is 15.3 Å². The van der Waals surface area contributed by atoms with Crippen molar-refractivity contribution in [1.82, 2.24) is 14.5 Å². The van der Waals surface area contributed by atoms with Crippen molar-refractivity contribution in [2.45, 2.75) is 6.92 Å². The third kappa shape index (κ3) is 3.64. The van der Waals surface area contributed by atoms with Crippen molar-refractivity contribution in [3.05, 3.63) is 68.7 Å². The van der Waals surface area contributed by atoms with Crippen LogP contribution in [0.3, 0.4) is 0 Å². The third-order valence-corrected chi connectivity index (χ3v) is 6.08. The van der Waals surface area contributed by atoms with Gasteiger partial charge >= 0.3 is 0 Å². The highest BCUT2D eigenvalue weighted by Gasteiger charge is 2.17. The van der Waals surface area contributed by atoms with Crippen molar-refractivity contribution in [3.63, 3.8) is 0 Å². The molecule has 4 aromatic rings. The summed E-state index contributed by atoms with van der Waals surface area (Å²) in [6.45, 7) is 1.86. The lowest BCUT2D eigenvalue weighted by Gasteiger charge is -2.09. The first-order valence-electron chi connectivity index (χ1n) is 7.83. The first-order valence-corrected chi connectivity index (χ1v) is 10.3. The number of benzene rings is 1. The molecule has 0 radical (unpaired) electrons. The number of aryl methyl sites for hydroxylation is 1. The summed E-state index contributed by atoms with van der Waals surface area (Å²) in [5.41, 5.74) is 1.24. The number of imidazole rings is 1. The zero-order valence-electron chi connectivity index (χ0n) is 13.9. The van der Waals surface area contributed by atoms with E-state index in [1.807, 2.05) is 34.4 Å². The Bertz CT molecular complexity index is 1120. The van der Waals surface area contributed by atoms with Gasteiger partial charge in [-0.1, -0.05) is 29.3 Å². The Morgan fingerprint density at radius 1 is 1.22 bits per heavy atom. The summed E-state index contributed by atoms with van der Waals surface area (Å²) < 4.78 is 1.81. The maximum atomic E-state index is 12.6. The van der Waals surface area contributed by atoms with Gasteiger partial charge in [-0.25, -0.2) is 9.97 Å². The van der Waals surface area contributed by atoms with Crippen LogP contribution in [0.4, 0.5) is 5.82 Å². The Hall–Kier alpha value is -2.19. The molecule has 3 aromatic heterocycles. The molecule has 1 N–H and O–H groups in total. The molecule has 0 aliphatic rings. The fourth-order valence-electron chi connectivity index (χ4n) is 2.54. The second kappa shape index (κ2) is 7.44.